The molecule has 0 bridgehead atoms. The molecule has 0 unspecified atom stereocenters. The van der Waals surface area contributed by atoms with Gasteiger partial charge in [0.25, 0.3) is 0 Å². The Bertz CT molecular complexity index is 4330. The van der Waals surface area contributed by atoms with Crippen LogP contribution in [0.1, 0.15) is 158 Å². The van der Waals surface area contributed by atoms with E-state index in [-0.39, 0.29) is 32.5 Å². The molecule has 12 rings (SSSR count). The molecule has 0 aliphatic carbocycles. The van der Waals surface area contributed by atoms with Gasteiger partial charge in [-0.05, 0) is 145 Å². The van der Waals surface area contributed by atoms with Crippen LogP contribution in [0.3, 0.4) is 0 Å². The number of rotatable bonds is 3. The van der Waals surface area contributed by atoms with Crippen LogP contribution in [0.5, 0.6) is 0 Å². The standard InChI is InChI=1S/C73H76N4S/c1-68(2,3)42-24-30-55-49(36-42)50-37-43(69(4,5)6)25-31-56(50)75(55)64-62-48-22-20-21-23-61(48)78-67(62)63(74-19)65(76-57-32-26-44(70(7,8)9)38-51(57)52-39-45(71(10,11)12)27-33-58(52)76)66(64)77-59-34-28-46(72(13,14)15)40-53(59)54-41-47(73(16,17)18)29-35-60(54)77/h20-41H,1-18H3. The number of hydrogen-bond donors (Lipinski definition) is 0. The minimum Gasteiger partial charge on any atom is -0.317 e. The van der Waals surface area contributed by atoms with Crippen LogP contribution in [0.25, 0.3) is 107 Å². The van der Waals surface area contributed by atoms with E-state index < -0.39 is 0 Å². The Morgan fingerprint density at radius 1 is 0.321 bits per heavy atom. The van der Waals surface area contributed by atoms with Gasteiger partial charge in [-0.3, -0.25) is 0 Å². The van der Waals surface area contributed by atoms with Gasteiger partial charge in [0.05, 0.1) is 56.7 Å². The zero-order chi connectivity index (χ0) is 55.7. The summed E-state index contributed by atoms with van der Waals surface area (Å²) in [6.07, 6.45) is 0. The van der Waals surface area contributed by atoms with Crippen LogP contribution in [0.2, 0.25) is 0 Å². The Balaban J connectivity index is 1.42. The van der Waals surface area contributed by atoms with Crippen LogP contribution in [-0.2, 0) is 32.5 Å². The molecule has 12 aromatic rings. The van der Waals surface area contributed by atoms with Crippen LogP contribution in [0, 0.1) is 6.57 Å². The summed E-state index contributed by atoms with van der Waals surface area (Å²) in [5, 5.41) is 9.50. The minimum atomic E-state index is -0.0894. The summed E-state index contributed by atoms with van der Waals surface area (Å²) in [4.78, 5) is 4.84. The Hall–Kier alpha value is -7.13. The highest BCUT2D eigenvalue weighted by molar-refractivity contribution is 7.26. The van der Waals surface area contributed by atoms with Gasteiger partial charge in [-0.1, -0.05) is 179 Å². The highest BCUT2D eigenvalue weighted by atomic mass is 32.1. The van der Waals surface area contributed by atoms with Crippen LogP contribution in [0.4, 0.5) is 5.69 Å². The van der Waals surface area contributed by atoms with E-state index in [0.717, 1.165) is 70.3 Å². The minimum absolute atomic E-state index is 0.0757. The van der Waals surface area contributed by atoms with E-state index in [0.29, 0.717) is 5.69 Å². The largest absolute Gasteiger partial charge is 0.317 e. The van der Waals surface area contributed by atoms with Crippen molar-refractivity contribution in [1.29, 1.82) is 0 Å². The van der Waals surface area contributed by atoms with Crippen molar-refractivity contribution in [2.75, 3.05) is 0 Å². The Morgan fingerprint density at radius 2 is 0.590 bits per heavy atom. The molecular formula is C73H76N4S. The fourth-order valence-electron chi connectivity index (χ4n) is 12.2. The summed E-state index contributed by atoms with van der Waals surface area (Å²) in [5.41, 5.74) is 17.5. The molecule has 0 saturated carbocycles. The van der Waals surface area contributed by atoms with E-state index in [1.54, 1.807) is 11.3 Å². The predicted molar refractivity (Wildman–Crippen MR) is 341 cm³/mol. The van der Waals surface area contributed by atoms with E-state index in [4.69, 9.17) is 4.85 Å². The van der Waals surface area contributed by atoms with Gasteiger partial charge >= 0.3 is 0 Å². The molecule has 4 aromatic heterocycles. The predicted octanol–water partition coefficient (Wildman–Crippen LogP) is 21.7. The lowest BCUT2D eigenvalue weighted by atomic mass is 9.85. The number of nitrogens with zero attached hydrogens (tertiary/aromatic N) is 4. The summed E-state index contributed by atoms with van der Waals surface area (Å²) < 4.78 is 9.82. The molecule has 8 aromatic carbocycles. The van der Waals surface area contributed by atoms with Crippen molar-refractivity contribution in [3.8, 4) is 17.1 Å². The average Bonchev–Trinajstić information content (AvgIpc) is 3.43. The summed E-state index contributed by atoms with van der Waals surface area (Å²) >= 11 is 1.75. The van der Waals surface area contributed by atoms with Gasteiger partial charge in [0.1, 0.15) is 0 Å². The normalized spacial score (nSPS) is 13.5. The summed E-state index contributed by atoms with van der Waals surface area (Å²) in [5.74, 6) is 0. The molecule has 0 amide bonds. The summed E-state index contributed by atoms with van der Waals surface area (Å²) in [7, 11) is 0. The summed E-state index contributed by atoms with van der Waals surface area (Å²) in [6, 6.07) is 51.9. The van der Waals surface area contributed by atoms with E-state index in [9.17, 15) is 6.57 Å². The van der Waals surface area contributed by atoms with Crippen molar-refractivity contribution in [2.24, 2.45) is 0 Å². The molecule has 5 heteroatoms. The second kappa shape index (κ2) is 16.9. The van der Waals surface area contributed by atoms with Gasteiger partial charge in [0.2, 0.25) is 5.69 Å². The van der Waals surface area contributed by atoms with Crippen LogP contribution < -0.4 is 0 Å². The van der Waals surface area contributed by atoms with Crippen molar-refractivity contribution in [2.45, 2.75) is 157 Å². The lowest BCUT2D eigenvalue weighted by Gasteiger charge is -2.26. The van der Waals surface area contributed by atoms with Gasteiger partial charge in [-0.2, -0.15) is 0 Å². The van der Waals surface area contributed by atoms with Gasteiger partial charge in [0, 0.05) is 52.5 Å². The SMILES string of the molecule is [C-]#[N+]c1c(-n2c3ccc(C(C)(C)C)cc3c3cc(C(C)(C)C)ccc32)c(-n2c3ccc(C(C)(C)C)cc3c3cc(C(C)(C)C)ccc32)c(-n2c3ccc(C(C)(C)C)cc3c3cc(C(C)(C)C)ccc32)c2c1sc1ccccc12. The number of fused-ring (bicyclic) bond motifs is 12. The van der Waals surface area contributed by atoms with Crippen molar-refractivity contribution < 1.29 is 0 Å². The van der Waals surface area contributed by atoms with Crippen molar-refractivity contribution in [1.82, 2.24) is 13.7 Å². The molecule has 4 nitrogen and oxygen atoms in total. The molecule has 78 heavy (non-hydrogen) atoms. The van der Waals surface area contributed by atoms with Crippen molar-refractivity contribution in [3.05, 3.63) is 178 Å². The second-order valence-corrected chi connectivity index (χ2v) is 29.8. The van der Waals surface area contributed by atoms with Gasteiger partial charge in [0.15, 0.2) is 0 Å². The third-order valence-corrected chi connectivity index (χ3v) is 18.2. The Kier molecular flexibility index (Phi) is 11.2. The zero-order valence-corrected chi connectivity index (χ0v) is 50.2. The zero-order valence-electron chi connectivity index (χ0n) is 49.4. The molecular weight excluding hydrogens is 965 g/mol. The molecule has 4 heterocycles. The molecule has 0 spiro atoms. The molecule has 0 atom stereocenters. The van der Waals surface area contributed by atoms with Crippen molar-refractivity contribution in [3.63, 3.8) is 0 Å². The maximum absolute atomic E-state index is 9.71. The molecule has 0 saturated heterocycles. The first kappa shape index (κ1) is 51.6. The fraction of sp³-hybridized carbons (Fsp3) is 0.329. The van der Waals surface area contributed by atoms with E-state index >= 15 is 0 Å². The number of hydrogen-bond acceptors (Lipinski definition) is 1. The van der Waals surface area contributed by atoms with Crippen LogP contribution in [0.15, 0.2) is 133 Å². The smallest absolute Gasteiger partial charge is 0.230 e. The summed E-state index contributed by atoms with van der Waals surface area (Å²) in [6.45, 7) is 51.4. The molecule has 0 fully saturated rings. The topological polar surface area (TPSA) is 19.1 Å². The highest BCUT2D eigenvalue weighted by Gasteiger charge is 2.34. The average molecular weight is 1040 g/mol. The first-order valence-corrected chi connectivity index (χ1v) is 28.9. The molecule has 0 N–H and O–H groups in total. The lowest BCUT2D eigenvalue weighted by Crippen LogP contribution is -2.13. The maximum atomic E-state index is 9.71. The van der Waals surface area contributed by atoms with E-state index in [1.807, 2.05) is 0 Å². The monoisotopic (exact) mass is 1040 g/mol. The van der Waals surface area contributed by atoms with E-state index in [1.165, 1.54) is 65.7 Å². The number of thiophene rings is 1. The highest BCUT2D eigenvalue weighted by Crippen LogP contribution is 2.55. The molecule has 0 radical (unpaired) electrons. The first-order valence-electron chi connectivity index (χ1n) is 28.1. The molecule has 394 valence electrons. The maximum Gasteiger partial charge on any atom is 0.230 e. The van der Waals surface area contributed by atoms with Gasteiger partial charge < -0.3 is 13.7 Å². The molecule has 0 aliphatic rings. The quantitative estimate of drug-likeness (QED) is 0.157. The lowest BCUT2D eigenvalue weighted by molar-refractivity contribution is 0.590. The van der Waals surface area contributed by atoms with Crippen molar-refractivity contribution >= 4 is 103 Å². The van der Waals surface area contributed by atoms with E-state index in [2.05, 4.69) is 272 Å². The van der Waals surface area contributed by atoms with Gasteiger partial charge in [-0.15, -0.1) is 11.3 Å². The van der Waals surface area contributed by atoms with Crippen LogP contribution >= 0.6 is 11.3 Å². The Labute approximate surface area is 466 Å². The Morgan fingerprint density at radius 3 is 0.872 bits per heavy atom. The molecule has 0 aliphatic heterocycles. The number of benzene rings is 8. The second-order valence-electron chi connectivity index (χ2n) is 28.7. The fourth-order valence-corrected chi connectivity index (χ4v) is 13.4. The van der Waals surface area contributed by atoms with Gasteiger partial charge in [-0.25, -0.2) is 4.85 Å². The third-order valence-electron chi connectivity index (χ3n) is 17.0. The first-order chi connectivity index (χ1) is 36.4. The number of aromatic nitrogens is 3. The third kappa shape index (κ3) is 7.94. The van der Waals surface area contributed by atoms with Crippen LogP contribution in [-0.4, -0.2) is 13.7 Å².